The second-order valence-electron chi connectivity index (χ2n) is 5.95. The van der Waals surface area contributed by atoms with Gasteiger partial charge in [0.15, 0.2) is 5.78 Å². The zero-order valence-electron chi connectivity index (χ0n) is 13.5. The van der Waals surface area contributed by atoms with Gasteiger partial charge in [0.05, 0.1) is 12.3 Å². The molecule has 5 nitrogen and oxygen atoms in total. The van der Waals surface area contributed by atoms with Crippen LogP contribution in [0.5, 0.6) is 0 Å². The Morgan fingerprint density at radius 2 is 1.90 bits per heavy atom. The molecule has 0 aromatic heterocycles. The summed E-state index contributed by atoms with van der Waals surface area (Å²) in [5, 5.41) is 0. The fourth-order valence-corrected chi connectivity index (χ4v) is 2.06. The first-order valence-corrected chi connectivity index (χ1v) is 7.43. The molecule has 0 fully saturated rings. The molecule has 0 radical (unpaired) electrons. The van der Waals surface area contributed by atoms with E-state index < -0.39 is 5.97 Å². The maximum Gasteiger partial charge on any atom is 0.349 e. The third kappa shape index (κ3) is 5.34. The van der Waals surface area contributed by atoms with Crippen LogP contribution >= 0.6 is 0 Å². The number of carbonyl (C=O) groups excluding carboxylic acids is 2. The summed E-state index contributed by atoms with van der Waals surface area (Å²) in [6.07, 6.45) is 2.53. The second kappa shape index (κ2) is 7.98. The number of carbonyl (C=O) groups is 2. The lowest BCUT2D eigenvalue weighted by molar-refractivity contribution is -0.138. The Labute approximate surface area is 126 Å². The van der Waals surface area contributed by atoms with Crippen LogP contribution in [-0.4, -0.2) is 18.4 Å². The van der Waals surface area contributed by atoms with Crippen LogP contribution in [0.3, 0.4) is 0 Å². The molecule has 0 atom stereocenters. The molecule has 1 rings (SSSR count). The van der Waals surface area contributed by atoms with Gasteiger partial charge in [-0.25, -0.2) is 4.79 Å². The lowest BCUT2D eigenvalue weighted by Gasteiger charge is -2.20. The molecule has 0 aromatic carbocycles. The van der Waals surface area contributed by atoms with E-state index in [2.05, 4.69) is 5.48 Å². The second-order valence-corrected chi connectivity index (χ2v) is 5.95. The molecular formula is C16H25NO4. The van der Waals surface area contributed by atoms with Crippen molar-refractivity contribution < 1.29 is 19.2 Å². The molecule has 1 N–H and O–H groups in total. The van der Waals surface area contributed by atoms with E-state index in [0.29, 0.717) is 36.8 Å². The fourth-order valence-electron chi connectivity index (χ4n) is 2.06. The van der Waals surface area contributed by atoms with Crippen LogP contribution < -0.4 is 5.48 Å². The minimum Gasteiger partial charge on any atom is -0.427 e. The molecule has 0 spiro atoms. The van der Waals surface area contributed by atoms with Gasteiger partial charge in [0, 0.05) is 12.5 Å². The molecule has 0 aliphatic carbocycles. The standard InChI is InChI=1S/C16H25NO4/c1-6-20-17-13(8-11(4)5)15-14(18)9-12(7-10(2)3)21-16(15)19/h9-11,17H,6-8H2,1-5H3. The molecule has 0 unspecified atom stereocenters. The number of rotatable bonds is 7. The number of allylic oxidation sites excluding steroid dienone is 3. The van der Waals surface area contributed by atoms with Crippen LogP contribution in [0.25, 0.3) is 0 Å². The summed E-state index contributed by atoms with van der Waals surface area (Å²) in [4.78, 5) is 29.5. The van der Waals surface area contributed by atoms with E-state index in [9.17, 15) is 9.59 Å². The van der Waals surface area contributed by atoms with Crippen molar-refractivity contribution in [2.45, 2.75) is 47.5 Å². The van der Waals surface area contributed by atoms with Crippen LogP contribution in [0.1, 0.15) is 47.5 Å². The Hall–Kier alpha value is -1.62. The van der Waals surface area contributed by atoms with E-state index in [1.165, 1.54) is 6.08 Å². The lowest BCUT2D eigenvalue weighted by Crippen LogP contribution is -2.28. The lowest BCUT2D eigenvalue weighted by atomic mass is 9.98. The van der Waals surface area contributed by atoms with Crippen LogP contribution in [0.2, 0.25) is 0 Å². The van der Waals surface area contributed by atoms with Gasteiger partial charge in [0.25, 0.3) is 0 Å². The zero-order valence-corrected chi connectivity index (χ0v) is 13.5. The highest BCUT2D eigenvalue weighted by atomic mass is 16.6. The first kappa shape index (κ1) is 17.4. The predicted molar refractivity (Wildman–Crippen MR) is 79.9 cm³/mol. The van der Waals surface area contributed by atoms with Crippen molar-refractivity contribution in [1.29, 1.82) is 0 Å². The van der Waals surface area contributed by atoms with Crippen molar-refractivity contribution in [3.8, 4) is 0 Å². The molecule has 1 heterocycles. The maximum absolute atomic E-state index is 12.3. The molecule has 1 aliphatic rings. The van der Waals surface area contributed by atoms with Gasteiger partial charge in [-0.3, -0.25) is 15.1 Å². The smallest absolute Gasteiger partial charge is 0.349 e. The van der Waals surface area contributed by atoms with Crippen molar-refractivity contribution in [3.05, 3.63) is 23.1 Å². The third-order valence-corrected chi connectivity index (χ3v) is 2.83. The van der Waals surface area contributed by atoms with Crippen LogP contribution in [0, 0.1) is 11.8 Å². The first-order chi connectivity index (χ1) is 9.85. The van der Waals surface area contributed by atoms with Crippen LogP contribution in [0.4, 0.5) is 0 Å². The zero-order chi connectivity index (χ0) is 16.0. The number of hydroxylamine groups is 1. The summed E-state index contributed by atoms with van der Waals surface area (Å²) in [6, 6.07) is 0. The van der Waals surface area contributed by atoms with Gasteiger partial charge in [0.2, 0.25) is 0 Å². The molecule has 118 valence electrons. The highest BCUT2D eigenvalue weighted by molar-refractivity contribution is 6.24. The molecule has 0 amide bonds. The van der Waals surface area contributed by atoms with Crippen LogP contribution in [-0.2, 0) is 19.2 Å². The SMILES string of the molecule is CCONC(CC(C)C)=C1C(=O)C=C(CC(C)C)OC1=O. The monoisotopic (exact) mass is 295 g/mol. The van der Waals surface area contributed by atoms with Gasteiger partial charge in [-0.05, 0) is 25.2 Å². The van der Waals surface area contributed by atoms with Crippen molar-refractivity contribution in [1.82, 2.24) is 5.48 Å². The summed E-state index contributed by atoms with van der Waals surface area (Å²) < 4.78 is 5.27. The highest BCUT2D eigenvalue weighted by Crippen LogP contribution is 2.24. The summed E-state index contributed by atoms with van der Waals surface area (Å²) in [5.41, 5.74) is 3.25. The van der Waals surface area contributed by atoms with Crippen LogP contribution in [0.15, 0.2) is 23.1 Å². The maximum atomic E-state index is 12.3. The van der Waals surface area contributed by atoms with E-state index in [1.807, 2.05) is 34.6 Å². The van der Waals surface area contributed by atoms with Crippen molar-refractivity contribution >= 4 is 11.8 Å². The number of esters is 1. The van der Waals surface area contributed by atoms with E-state index >= 15 is 0 Å². The normalized spacial score (nSPS) is 18.0. The first-order valence-electron chi connectivity index (χ1n) is 7.43. The van der Waals surface area contributed by atoms with E-state index in [0.717, 1.165) is 0 Å². The van der Waals surface area contributed by atoms with Gasteiger partial charge in [0.1, 0.15) is 11.3 Å². The van der Waals surface area contributed by atoms with Crippen molar-refractivity contribution in [3.63, 3.8) is 0 Å². The summed E-state index contributed by atoms with van der Waals surface area (Å²) in [7, 11) is 0. The average Bonchev–Trinajstić information content (AvgIpc) is 2.33. The van der Waals surface area contributed by atoms with E-state index in [-0.39, 0.29) is 17.3 Å². The Balaban J connectivity index is 3.06. The highest BCUT2D eigenvalue weighted by Gasteiger charge is 2.30. The predicted octanol–water partition coefficient (Wildman–Crippen LogP) is 2.88. The Morgan fingerprint density at radius 3 is 2.38 bits per heavy atom. The molecule has 0 saturated heterocycles. The van der Waals surface area contributed by atoms with Gasteiger partial charge >= 0.3 is 5.97 Å². The van der Waals surface area contributed by atoms with Crippen molar-refractivity contribution in [2.24, 2.45) is 11.8 Å². The van der Waals surface area contributed by atoms with Gasteiger partial charge in [-0.15, -0.1) is 0 Å². The van der Waals surface area contributed by atoms with Crippen molar-refractivity contribution in [2.75, 3.05) is 6.61 Å². The Kier molecular flexibility index (Phi) is 6.62. The van der Waals surface area contributed by atoms with E-state index in [1.54, 1.807) is 0 Å². The number of nitrogens with one attached hydrogen (secondary N) is 1. The average molecular weight is 295 g/mol. The number of ether oxygens (including phenoxy) is 1. The summed E-state index contributed by atoms with van der Waals surface area (Å²) in [5.74, 6) is 0.121. The van der Waals surface area contributed by atoms with Gasteiger partial charge in [-0.2, -0.15) is 0 Å². The topological polar surface area (TPSA) is 64.6 Å². The molecule has 0 bridgehead atoms. The Bertz CT molecular complexity index is 461. The molecule has 0 aromatic rings. The van der Waals surface area contributed by atoms with Gasteiger partial charge in [-0.1, -0.05) is 27.7 Å². The number of hydrogen-bond acceptors (Lipinski definition) is 5. The van der Waals surface area contributed by atoms with Gasteiger partial charge < -0.3 is 4.74 Å². The summed E-state index contributed by atoms with van der Waals surface area (Å²) >= 11 is 0. The molecular weight excluding hydrogens is 270 g/mol. The quantitative estimate of drug-likeness (QED) is 0.338. The van der Waals surface area contributed by atoms with E-state index in [4.69, 9.17) is 9.57 Å². The minimum atomic E-state index is -0.596. The largest absolute Gasteiger partial charge is 0.427 e. The summed E-state index contributed by atoms with van der Waals surface area (Å²) in [6.45, 7) is 10.3. The fraction of sp³-hybridized carbons (Fsp3) is 0.625. The number of ketones is 1. The molecule has 21 heavy (non-hydrogen) atoms. The molecule has 0 saturated carbocycles. The molecule has 1 aliphatic heterocycles. The number of cyclic esters (lactones) is 1. The Morgan fingerprint density at radius 1 is 1.24 bits per heavy atom. The molecule has 5 heteroatoms. The number of hydrogen-bond donors (Lipinski definition) is 1. The minimum absolute atomic E-state index is 0.0460. The third-order valence-electron chi connectivity index (χ3n) is 2.83.